The lowest BCUT2D eigenvalue weighted by atomic mass is 10.0. The first-order valence-electron chi connectivity index (χ1n) is 16.8. The lowest BCUT2D eigenvalue weighted by Gasteiger charge is -2.30. The van der Waals surface area contributed by atoms with Gasteiger partial charge in [-0.3, -0.25) is 0 Å². The molecule has 0 bridgehead atoms. The van der Waals surface area contributed by atoms with Gasteiger partial charge in [-0.1, -0.05) is 84.0 Å². The molecular formula is C33H64O10. The van der Waals surface area contributed by atoms with E-state index in [4.69, 9.17) is 42.6 Å². The SMILES string of the molecule is CCCCCCCCCCCCCCC(OCC(OCCOC)C1OCC(OCCOC)C1OCCOC)C(=O)OCC. The van der Waals surface area contributed by atoms with Crippen molar-refractivity contribution >= 4 is 5.97 Å². The maximum absolute atomic E-state index is 12.8. The van der Waals surface area contributed by atoms with Crippen LogP contribution in [0.1, 0.15) is 97.3 Å². The molecule has 0 aliphatic carbocycles. The van der Waals surface area contributed by atoms with Crippen molar-refractivity contribution < 1.29 is 47.4 Å². The Morgan fingerprint density at radius 2 is 1.26 bits per heavy atom. The van der Waals surface area contributed by atoms with Gasteiger partial charge in [-0.15, -0.1) is 0 Å². The molecule has 1 aliphatic heterocycles. The Bertz CT molecular complexity index is 622. The van der Waals surface area contributed by atoms with E-state index in [0.29, 0.717) is 59.3 Å². The molecule has 1 saturated heterocycles. The molecule has 256 valence electrons. The predicted molar refractivity (Wildman–Crippen MR) is 167 cm³/mol. The summed E-state index contributed by atoms with van der Waals surface area (Å²) >= 11 is 0. The molecule has 5 unspecified atom stereocenters. The van der Waals surface area contributed by atoms with Gasteiger partial charge in [0.2, 0.25) is 0 Å². The summed E-state index contributed by atoms with van der Waals surface area (Å²) in [5.74, 6) is -0.331. The topological polar surface area (TPSA) is 100 Å². The fourth-order valence-electron chi connectivity index (χ4n) is 5.23. The molecule has 0 spiro atoms. The van der Waals surface area contributed by atoms with Gasteiger partial charge in [-0.05, 0) is 13.3 Å². The van der Waals surface area contributed by atoms with E-state index >= 15 is 0 Å². The first kappa shape index (κ1) is 40.2. The molecule has 1 heterocycles. The first-order chi connectivity index (χ1) is 21.1. The minimum absolute atomic E-state index is 0.158. The number of hydrogen-bond acceptors (Lipinski definition) is 10. The maximum Gasteiger partial charge on any atom is 0.335 e. The van der Waals surface area contributed by atoms with E-state index in [-0.39, 0.29) is 24.8 Å². The molecule has 0 radical (unpaired) electrons. The normalized spacial score (nSPS) is 20.0. The molecule has 5 atom stereocenters. The molecule has 0 aromatic carbocycles. The second kappa shape index (κ2) is 28.6. The highest BCUT2D eigenvalue weighted by Gasteiger charge is 2.44. The van der Waals surface area contributed by atoms with Crippen LogP contribution < -0.4 is 0 Å². The Morgan fingerprint density at radius 1 is 0.698 bits per heavy atom. The van der Waals surface area contributed by atoms with Crippen LogP contribution in [0, 0.1) is 0 Å². The molecule has 43 heavy (non-hydrogen) atoms. The Labute approximate surface area is 262 Å². The van der Waals surface area contributed by atoms with Crippen molar-refractivity contribution in [3.8, 4) is 0 Å². The predicted octanol–water partition coefficient (Wildman–Crippen LogP) is 5.52. The molecule has 0 saturated carbocycles. The summed E-state index contributed by atoms with van der Waals surface area (Å²) in [5.41, 5.74) is 0. The van der Waals surface area contributed by atoms with Crippen LogP contribution in [-0.2, 0) is 47.4 Å². The average molecular weight is 621 g/mol. The largest absolute Gasteiger partial charge is 0.464 e. The highest BCUT2D eigenvalue weighted by Crippen LogP contribution is 2.26. The second-order valence-corrected chi connectivity index (χ2v) is 11.2. The van der Waals surface area contributed by atoms with Crippen LogP contribution in [0.3, 0.4) is 0 Å². The number of carbonyl (C=O) groups is 1. The van der Waals surface area contributed by atoms with Crippen LogP contribution in [0.25, 0.3) is 0 Å². The van der Waals surface area contributed by atoms with E-state index < -0.39 is 18.3 Å². The summed E-state index contributed by atoms with van der Waals surface area (Å²) in [6, 6.07) is 0. The Balaban J connectivity index is 2.64. The monoisotopic (exact) mass is 620 g/mol. The fourth-order valence-corrected chi connectivity index (χ4v) is 5.23. The number of methoxy groups -OCH3 is 3. The van der Waals surface area contributed by atoms with Gasteiger partial charge < -0.3 is 42.6 Å². The van der Waals surface area contributed by atoms with Crippen molar-refractivity contribution in [2.45, 2.75) is 128 Å². The quantitative estimate of drug-likeness (QED) is 0.0728. The van der Waals surface area contributed by atoms with Crippen molar-refractivity contribution in [1.29, 1.82) is 0 Å². The number of unbranched alkanes of at least 4 members (excludes halogenated alkanes) is 11. The Hall–Kier alpha value is -0.850. The van der Waals surface area contributed by atoms with E-state index in [9.17, 15) is 4.79 Å². The summed E-state index contributed by atoms with van der Waals surface area (Å²) in [6.45, 7) is 7.42. The Morgan fingerprint density at radius 3 is 1.84 bits per heavy atom. The maximum atomic E-state index is 12.8. The molecule has 1 aliphatic rings. The number of carbonyl (C=O) groups excluding carboxylic acids is 1. The van der Waals surface area contributed by atoms with Gasteiger partial charge in [0.1, 0.15) is 24.4 Å². The van der Waals surface area contributed by atoms with E-state index in [1.165, 1.54) is 64.2 Å². The molecule has 10 heteroatoms. The number of rotatable bonds is 31. The highest BCUT2D eigenvalue weighted by molar-refractivity contribution is 5.74. The third kappa shape index (κ3) is 19.3. The third-order valence-electron chi connectivity index (χ3n) is 7.68. The van der Waals surface area contributed by atoms with Crippen LogP contribution in [-0.4, -0.2) is 117 Å². The zero-order valence-corrected chi connectivity index (χ0v) is 28.0. The van der Waals surface area contributed by atoms with E-state index in [1.807, 2.05) is 6.92 Å². The van der Waals surface area contributed by atoms with Crippen LogP contribution >= 0.6 is 0 Å². The molecule has 1 rings (SSSR count). The number of esters is 1. The zero-order valence-electron chi connectivity index (χ0n) is 28.0. The summed E-state index contributed by atoms with van der Waals surface area (Å²) in [4.78, 5) is 12.8. The smallest absolute Gasteiger partial charge is 0.335 e. The van der Waals surface area contributed by atoms with Gasteiger partial charge in [0.05, 0.1) is 59.5 Å². The third-order valence-corrected chi connectivity index (χ3v) is 7.68. The van der Waals surface area contributed by atoms with Gasteiger partial charge in [0.15, 0.2) is 6.10 Å². The summed E-state index contributed by atoms with van der Waals surface area (Å²) in [5, 5.41) is 0. The molecule has 10 nitrogen and oxygen atoms in total. The standard InChI is InChI=1S/C33H64O10/c1-6-8-9-10-11-12-13-14-15-16-17-18-19-28(33(34)38-7-2)42-26-29(39-23-20-35-3)32-31(41-25-22-37-5)30(27-43-32)40-24-21-36-4/h28-32H,6-27H2,1-5H3. The molecule has 0 amide bonds. The van der Waals surface area contributed by atoms with Gasteiger partial charge in [-0.25, -0.2) is 4.79 Å². The van der Waals surface area contributed by atoms with Gasteiger partial charge in [-0.2, -0.15) is 0 Å². The minimum Gasteiger partial charge on any atom is -0.464 e. The van der Waals surface area contributed by atoms with Crippen LogP contribution in [0.5, 0.6) is 0 Å². The average Bonchev–Trinajstić information content (AvgIpc) is 3.40. The van der Waals surface area contributed by atoms with E-state index in [0.717, 1.165) is 12.8 Å². The second-order valence-electron chi connectivity index (χ2n) is 11.2. The molecule has 1 fully saturated rings. The zero-order chi connectivity index (χ0) is 31.4. The van der Waals surface area contributed by atoms with Crippen LogP contribution in [0.2, 0.25) is 0 Å². The van der Waals surface area contributed by atoms with Crippen LogP contribution in [0.15, 0.2) is 0 Å². The van der Waals surface area contributed by atoms with Crippen molar-refractivity contribution in [2.75, 3.05) is 80.8 Å². The lowest BCUT2D eigenvalue weighted by Crippen LogP contribution is -2.46. The van der Waals surface area contributed by atoms with Crippen molar-refractivity contribution in [3.05, 3.63) is 0 Å². The molecule has 0 aromatic heterocycles. The lowest BCUT2D eigenvalue weighted by molar-refractivity contribution is -0.168. The Kier molecular flexibility index (Phi) is 26.7. The summed E-state index contributed by atoms with van der Waals surface area (Å²) in [6.07, 6.45) is 13.5. The highest BCUT2D eigenvalue weighted by atomic mass is 16.6. The van der Waals surface area contributed by atoms with Crippen molar-refractivity contribution in [1.82, 2.24) is 0 Å². The van der Waals surface area contributed by atoms with Gasteiger partial charge in [0, 0.05) is 21.3 Å². The number of ether oxygens (including phenoxy) is 9. The molecule has 0 N–H and O–H groups in total. The molecular weight excluding hydrogens is 556 g/mol. The van der Waals surface area contributed by atoms with Crippen molar-refractivity contribution in [3.63, 3.8) is 0 Å². The van der Waals surface area contributed by atoms with E-state index in [1.54, 1.807) is 21.3 Å². The number of hydrogen-bond donors (Lipinski definition) is 0. The minimum atomic E-state index is -0.653. The summed E-state index contributed by atoms with van der Waals surface area (Å²) < 4.78 is 51.6. The van der Waals surface area contributed by atoms with E-state index in [2.05, 4.69) is 6.92 Å². The van der Waals surface area contributed by atoms with Gasteiger partial charge >= 0.3 is 5.97 Å². The fraction of sp³-hybridized carbons (Fsp3) is 0.970. The summed E-state index contributed by atoms with van der Waals surface area (Å²) in [7, 11) is 4.90. The van der Waals surface area contributed by atoms with Crippen molar-refractivity contribution in [2.24, 2.45) is 0 Å². The van der Waals surface area contributed by atoms with Crippen LogP contribution in [0.4, 0.5) is 0 Å². The first-order valence-corrected chi connectivity index (χ1v) is 16.8. The van der Waals surface area contributed by atoms with Gasteiger partial charge in [0.25, 0.3) is 0 Å². The molecule has 0 aromatic rings.